The maximum atomic E-state index is 12.7. The third-order valence-corrected chi connectivity index (χ3v) is 5.67. The van der Waals surface area contributed by atoms with E-state index in [0.29, 0.717) is 11.5 Å². The highest BCUT2D eigenvalue weighted by Crippen LogP contribution is 2.33. The molecule has 2 heterocycles. The molecule has 3 rings (SSSR count). The van der Waals surface area contributed by atoms with Gasteiger partial charge in [-0.15, -0.1) is 11.8 Å². The molecule has 2 aliphatic rings. The zero-order chi connectivity index (χ0) is 15.6. The topological polar surface area (TPSA) is 49.4 Å². The van der Waals surface area contributed by atoms with Crippen molar-refractivity contribution in [3.8, 4) is 0 Å². The minimum absolute atomic E-state index is 0.000981. The van der Waals surface area contributed by atoms with Crippen molar-refractivity contribution in [2.75, 3.05) is 24.6 Å². The SMILES string of the molecule is CC1(c2ccccc2)CCCN(C(=O)[C@@H]2CSCC(=O)N2)C1. The van der Waals surface area contributed by atoms with Gasteiger partial charge < -0.3 is 10.2 Å². The summed E-state index contributed by atoms with van der Waals surface area (Å²) >= 11 is 1.54. The Balaban J connectivity index is 1.72. The largest absolute Gasteiger partial charge is 0.343 e. The highest BCUT2D eigenvalue weighted by Gasteiger charge is 2.37. The van der Waals surface area contributed by atoms with Crippen LogP contribution in [0, 0.1) is 0 Å². The molecule has 1 unspecified atom stereocenters. The molecule has 2 atom stereocenters. The Hall–Kier alpha value is -1.49. The normalized spacial score (nSPS) is 29.0. The fourth-order valence-electron chi connectivity index (χ4n) is 3.40. The van der Waals surface area contributed by atoms with Gasteiger partial charge >= 0.3 is 0 Å². The summed E-state index contributed by atoms with van der Waals surface area (Å²) in [5, 5.41) is 2.83. The number of piperidine rings is 1. The van der Waals surface area contributed by atoms with Gasteiger partial charge in [0, 0.05) is 24.3 Å². The van der Waals surface area contributed by atoms with Gasteiger partial charge in [-0.05, 0) is 18.4 Å². The molecule has 0 aliphatic carbocycles. The lowest BCUT2D eigenvalue weighted by molar-refractivity contribution is -0.137. The molecular formula is C17H22N2O2S. The van der Waals surface area contributed by atoms with Crippen LogP contribution in [0.2, 0.25) is 0 Å². The lowest BCUT2D eigenvalue weighted by Crippen LogP contribution is -2.56. The lowest BCUT2D eigenvalue weighted by Gasteiger charge is -2.42. The molecule has 22 heavy (non-hydrogen) atoms. The molecule has 0 radical (unpaired) electrons. The van der Waals surface area contributed by atoms with Crippen LogP contribution in [0.25, 0.3) is 0 Å². The number of amides is 2. The second kappa shape index (κ2) is 6.32. The first-order valence-corrected chi connectivity index (χ1v) is 8.95. The number of hydrogen-bond donors (Lipinski definition) is 1. The summed E-state index contributed by atoms with van der Waals surface area (Å²) in [6.45, 7) is 3.75. The molecule has 4 nitrogen and oxygen atoms in total. The van der Waals surface area contributed by atoms with Crippen LogP contribution in [0.4, 0.5) is 0 Å². The van der Waals surface area contributed by atoms with Gasteiger partial charge in [0.2, 0.25) is 11.8 Å². The van der Waals surface area contributed by atoms with Crippen LogP contribution in [0.1, 0.15) is 25.3 Å². The number of nitrogens with one attached hydrogen (secondary N) is 1. The van der Waals surface area contributed by atoms with Crippen LogP contribution in [0.3, 0.4) is 0 Å². The zero-order valence-electron chi connectivity index (χ0n) is 12.9. The first kappa shape index (κ1) is 15.4. The van der Waals surface area contributed by atoms with Crippen LogP contribution in [-0.4, -0.2) is 47.4 Å². The lowest BCUT2D eigenvalue weighted by atomic mass is 9.76. The van der Waals surface area contributed by atoms with Crippen molar-refractivity contribution in [2.24, 2.45) is 0 Å². The molecule has 0 saturated carbocycles. The van der Waals surface area contributed by atoms with E-state index in [1.807, 2.05) is 11.0 Å². The molecule has 0 spiro atoms. The Kier molecular flexibility index (Phi) is 4.43. The Morgan fingerprint density at radius 3 is 2.86 bits per heavy atom. The second-order valence-corrected chi connectivity index (χ2v) is 7.46. The zero-order valence-corrected chi connectivity index (χ0v) is 13.7. The Labute approximate surface area is 135 Å². The number of carbonyl (C=O) groups is 2. The average molecular weight is 318 g/mol. The minimum atomic E-state index is -0.357. The molecule has 1 aromatic carbocycles. The molecule has 2 aliphatic heterocycles. The maximum absolute atomic E-state index is 12.7. The highest BCUT2D eigenvalue weighted by molar-refractivity contribution is 8.00. The highest BCUT2D eigenvalue weighted by atomic mass is 32.2. The van der Waals surface area contributed by atoms with Crippen LogP contribution in [0.5, 0.6) is 0 Å². The van der Waals surface area contributed by atoms with Gasteiger partial charge in [0.05, 0.1) is 5.75 Å². The molecule has 118 valence electrons. The smallest absolute Gasteiger partial charge is 0.246 e. The van der Waals surface area contributed by atoms with Crippen LogP contribution in [0.15, 0.2) is 30.3 Å². The predicted octanol–water partition coefficient (Wildman–Crippen LogP) is 1.80. The number of nitrogens with zero attached hydrogens (tertiary/aromatic N) is 1. The average Bonchev–Trinajstić information content (AvgIpc) is 2.55. The Morgan fingerprint density at radius 1 is 1.36 bits per heavy atom. The van der Waals surface area contributed by atoms with Crippen molar-refractivity contribution in [2.45, 2.75) is 31.2 Å². The summed E-state index contributed by atoms with van der Waals surface area (Å²) in [5.74, 6) is 1.19. The van der Waals surface area contributed by atoms with Crippen molar-refractivity contribution in [1.82, 2.24) is 10.2 Å². The van der Waals surface area contributed by atoms with E-state index in [-0.39, 0.29) is 23.3 Å². The number of rotatable bonds is 2. The number of hydrogen-bond acceptors (Lipinski definition) is 3. The molecule has 0 aromatic heterocycles. The summed E-state index contributed by atoms with van der Waals surface area (Å²) in [4.78, 5) is 26.2. The monoisotopic (exact) mass is 318 g/mol. The van der Waals surface area contributed by atoms with E-state index in [9.17, 15) is 9.59 Å². The van der Waals surface area contributed by atoms with E-state index in [1.54, 1.807) is 11.8 Å². The third kappa shape index (κ3) is 3.14. The predicted molar refractivity (Wildman–Crippen MR) is 88.9 cm³/mol. The van der Waals surface area contributed by atoms with Crippen LogP contribution >= 0.6 is 11.8 Å². The summed E-state index contributed by atoms with van der Waals surface area (Å²) in [7, 11) is 0. The number of carbonyl (C=O) groups excluding carboxylic acids is 2. The van der Waals surface area contributed by atoms with E-state index in [4.69, 9.17) is 0 Å². The fourth-order valence-corrected chi connectivity index (χ4v) is 4.25. The van der Waals surface area contributed by atoms with Crippen molar-refractivity contribution < 1.29 is 9.59 Å². The number of benzene rings is 1. The number of thioether (sulfide) groups is 1. The first-order valence-electron chi connectivity index (χ1n) is 7.80. The van der Waals surface area contributed by atoms with Crippen molar-refractivity contribution in [1.29, 1.82) is 0 Å². The van der Waals surface area contributed by atoms with Crippen molar-refractivity contribution in [3.05, 3.63) is 35.9 Å². The molecule has 2 fully saturated rings. The molecule has 2 saturated heterocycles. The van der Waals surface area contributed by atoms with Gasteiger partial charge in [-0.25, -0.2) is 0 Å². The van der Waals surface area contributed by atoms with E-state index in [0.717, 1.165) is 25.9 Å². The Bertz CT molecular complexity index is 563. The number of likely N-dealkylation sites (tertiary alicyclic amines) is 1. The molecule has 2 amide bonds. The first-order chi connectivity index (χ1) is 10.6. The van der Waals surface area contributed by atoms with E-state index < -0.39 is 0 Å². The summed E-state index contributed by atoms with van der Waals surface area (Å²) in [6.07, 6.45) is 2.09. The van der Waals surface area contributed by atoms with Gasteiger partial charge in [0.25, 0.3) is 0 Å². The fraction of sp³-hybridized carbons (Fsp3) is 0.529. The molecule has 1 aromatic rings. The van der Waals surface area contributed by atoms with Crippen LogP contribution < -0.4 is 5.32 Å². The standard InChI is InChI=1S/C17H22N2O2S/c1-17(13-6-3-2-4-7-13)8-5-9-19(12-17)16(21)14-10-22-11-15(20)18-14/h2-4,6-7,14H,5,8-12H2,1H3,(H,18,20)/t14-,17?/m0/s1. The van der Waals surface area contributed by atoms with Gasteiger partial charge in [-0.3, -0.25) is 9.59 Å². The van der Waals surface area contributed by atoms with Gasteiger partial charge in [-0.1, -0.05) is 37.3 Å². The summed E-state index contributed by atoms with van der Waals surface area (Å²) < 4.78 is 0. The van der Waals surface area contributed by atoms with E-state index in [1.165, 1.54) is 5.56 Å². The second-order valence-electron chi connectivity index (χ2n) is 6.43. The quantitative estimate of drug-likeness (QED) is 0.904. The van der Waals surface area contributed by atoms with Gasteiger partial charge in [0.15, 0.2) is 0 Å². The minimum Gasteiger partial charge on any atom is -0.343 e. The third-order valence-electron chi connectivity index (χ3n) is 4.63. The van der Waals surface area contributed by atoms with Gasteiger partial charge in [-0.2, -0.15) is 0 Å². The maximum Gasteiger partial charge on any atom is 0.246 e. The summed E-state index contributed by atoms with van der Waals surface area (Å²) in [5.41, 5.74) is 1.29. The molecule has 1 N–H and O–H groups in total. The molecular weight excluding hydrogens is 296 g/mol. The molecule has 0 bridgehead atoms. The summed E-state index contributed by atoms with van der Waals surface area (Å²) in [6, 6.07) is 10.1. The molecule has 5 heteroatoms. The Morgan fingerprint density at radius 2 is 2.14 bits per heavy atom. The van der Waals surface area contributed by atoms with E-state index >= 15 is 0 Å². The van der Waals surface area contributed by atoms with Gasteiger partial charge in [0.1, 0.15) is 6.04 Å². The van der Waals surface area contributed by atoms with Crippen molar-refractivity contribution in [3.63, 3.8) is 0 Å². The van der Waals surface area contributed by atoms with E-state index in [2.05, 4.69) is 36.5 Å². The van der Waals surface area contributed by atoms with Crippen LogP contribution in [-0.2, 0) is 15.0 Å². The van der Waals surface area contributed by atoms with Crippen molar-refractivity contribution >= 4 is 23.6 Å².